The van der Waals surface area contributed by atoms with Crippen LogP contribution in [0.2, 0.25) is 0 Å². The highest BCUT2D eigenvalue weighted by molar-refractivity contribution is 5.69. The minimum atomic E-state index is -0.176. The summed E-state index contributed by atoms with van der Waals surface area (Å²) in [6.45, 7) is 9.40. The molecule has 38 heavy (non-hydrogen) atoms. The minimum Gasteiger partial charge on any atom is -0.469 e. The summed E-state index contributed by atoms with van der Waals surface area (Å²) in [6, 6.07) is 0. The molecular formula is C34H52O4. The van der Waals surface area contributed by atoms with Gasteiger partial charge in [0.05, 0.1) is 19.3 Å². The Morgan fingerprint density at radius 2 is 1.95 bits per heavy atom. The molecule has 5 rings (SSSR count). The summed E-state index contributed by atoms with van der Waals surface area (Å²) in [6.07, 6.45) is 23.7. The van der Waals surface area contributed by atoms with E-state index in [2.05, 4.69) is 52.0 Å². The summed E-state index contributed by atoms with van der Waals surface area (Å²) in [5.41, 5.74) is 3.62. The van der Waals surface area contributed by atoms with Gasteiger partial charge in [0.25, 0.3) is 0 Å². The van der Waals surface area contributed by atoms with E-state index >= 15 is 0 Å². The number of rotatable bonds is 8. The molecule has 3 saturated carbocycles. The molecule has 212 valence electrons. The molecule has 0 spiro atoms. The van der Waals surface area contributed by atoms with Crippen molar-refractivity contribution < 1.29 is 19.0 Å². The van der Waals surface area contributed by atoms with Crippen molar-refractivity contribution in [1.82, 2.24) is 0 Å². The highest BCUT2D eigenvalue weighted by atomic mass is 16.7. The lowest BCUT2D eigenvalue weighted by Gasteiger charge is -2.55. The van der Waals surface area contributed by atoms with Gasteiger partial charge in [0, 0.05) is 12.3 Å². The van der Waals surface area contributed by atoms with E-state index < -0.39 is 0 Å². The fraction of sp³-hybridized carbons (Fsp3) is 0.794. The third-order valence-electron chi connectivity index (χ3n) is 11.4. The molecule has 4 aliphatic carbocycles. The van der Waals surface area contributed by atoms with E-state index in [1.54, 1.807) is 11.1 Å². The van der Waals surface area contributed by atoms with Gasteiger partial charge in [-0.15, -0.1) is 0 Å². The Hall–Kier alpha value is -1.39. The first-order chi connectivity index (χ1) is 18.3. The Labute approximate surface area is 231 Å². The van der Waals surface area contributed by atoms with Crippen molar-refractivity contribution in [2.24, 2.45) is 40.9 Å². The monoisotopic (exact) mass is 524 g/mol. The molecule has 0 N–H and O–H groups in total. The molecule has 4 heteroatoms. The van der Waals surface area contributed by atoms with Crippen LogP contribution in [-0.2, 0) is 19.0 Å². The molecule has 1 heterocycles. The molecule has 0 saturated heterocycles. The average Bonchev–Trinajstić information content (AvgIpc) is 3.37. The van der Waals surface area contributed by atoms with Gasteiger partial charge in [-0.1, -0.05) is 50.1 Å². The van der Waals surface area contributed by atoms with Crippen LogP contribution >= 0.6 is 0 Å². The second-order valence-electron chi connectivity index (χ2n) is 13.4. The van der Waals surface area contributed by atoms with Crippen molar-refractivity contribution in [3.8, 4) is 0 Å². The Bertz CT molecular complexity index is 933. The van der Waals surface area contributed by atoms with E-state index in [9.17, 15) is 4.79 Å². The van der Waals surface area contributed by atoms with Crippen molar-refractivity contribution in [3.63, 3.8) is 0 Å². The maximum absolute atomic E-state index is 11.4. The standard InChI is InChI=1S/C34H52O4/c1-6-31-23(3)11-18-33(38-31)37-25-19-20-34(4)24(21-25)12-13-29-28-15-14-26(27(28)16-17-30(29)34)22(2)9-7-8-10-32(35)36-5/h9,11-12,18,23,25-31,33H,6-8,10,13-17,19-21H2,1-5H3/b22-9+/t23-,25-,26+,27+,28+,29-,30-,31+,33?,34-/m0/s1. The van der Waals surface area contributed by atoms with E-state index in [0.29, 0.717) is 17.8 Å². The maximum atomic E-state index is 11.4. The number of allylic oxidation sites excluding steroid dienone is 3. The molecule has 10 atom stereocenters. The van der Waals surface area contributed by atoms with Gasteiger partial charge >= 0.3 is 5.97 Å². The zero-order chi connectivity index (χ0) is 26.9. The molecule has 0 amide bonds. The van der Waals surface area contributed by atoms with E-state index in [4.69, 9.17) is 14.2 Å². The second kappa shape index (κ2) is 12.0. The predicted molar refractivity (Wildman–Crippen MR) is 152 cm³/mol. The van der Waals surface area contributed by atoms with E-state index in [-0.39, 0.29) is 24.5 Å². The molecule has 0 bridgehead atoms. The highest BCUT2D eigenvalue weighted by Gasteiger charge is 2.54. The number of hydrogen-bond acceptors (Lipinski definition) is 4. The summed E-state index contributed by atoms with van der Waals surface area (Å²) in [5, 5.41) is 0. The van der Waals surface area contributed by atoms with Crippen LogP contribution in [0, 0.1) is 40.9 Å². The van der Waals surface area contributed by atoms with Crippen LogP contribution in [0.4, 0.5) is 0 Å². The number of ether oxygens (including phenoxy) is 3. The summed E-state index contributed by atoms with van der Waals surface area (Å²) in [7, 11) is 1.48. The van der Waals surface area contributed by atoms with Crippen LogP contribution in [0.1, 0.15) is 105 Å². The van der Waals surface area contributed by atoms with Gasteiger partial charge in [0.2, 0.25) is 0 Å². The lowest BCUT2D eigenvalue weighted by atomic mass is 9.50. The number of methoxy groups -OCH3 is 1. The van der Waals surface area contributed by atoms with Gasteiger partial charge in [-0.2, -0.15) is 0 Å². The highest BCUT2D eigenvalue weighted by Crippen LogP contribution is 2.63. The Kier molecular flexibility index (Phi) is 8.89. The lowest BCUT2D eigenvalue weighted by molar-refractivity contribution is -0.188. The predicted octanol–water partition coefficient (Wildman–Crippen LogP) is 8.18. The molecule has 1 aliphatic heterocycles. The molecule has 5 aliphatic rings. The number of esters is 1. The van der Waals surface area contributed by atoms with Crippen LogP contribution < -0.4 is 0 Å². The van der Waals surface area contributed by atoms with Crippen molar-refractivity contribution in [2.45, 2.75) is 123 Å². The maximum Gasteiger partial charge on any atom is 0.305 e. The molecule has 0 aromatic rings. The van der Waals surface area contributed by atoms with Crippen molar-refractivity contribution in [3.05, 3.63) is 35.5 Å². The van der Waals surface area contributed by atoms with Crippen LogP contribution in [0.3, 0.4) is 0 Å². The Morgan fingerprint density at radius 3 is 2.74 bits per heavy atom. The summed E-state index contributed by atoms with van der Waals surface area (Å²) < 4.78 is 17.6. The van der Waals surface area contributed by atoms with Crippen molar-refractivity contribution >= 4 is 5.97 Å². The average molecular weight is 525 g/mol. The SMILES string of the molecule is CC[C@H]1OC(O[C@H]2CC[C@@]3(C)C(=CC[C@H]4[C@@H]5CC[C@H](/C(C)=C/CCCC(=O)OC)[C@H]5CC[C@@H]43)C2)C=C[C@@H]1C. The summed E-state index contributed by atoms with van der Waals surface area (Å²) in [5.74, 6) is 4.57. The zero-order valence-corrected chi connectivity index (χ0v) is 24.6. The molecule has 0 radical (unpaired) electrons. The second-order valence-corrected chi connectivity index (χ2v) is 13.4. The zero-order valence-electron chi connectivity index (χ0n) is 24.6. The van der Waals surface area contributed by atoms with Gasteiger partial charge in [-0.05, 0) is 119 Å². The van der Waals surface area contributed by atoms with Crippen molar-refractivity contribution in [2.75, 3.05) is 7.11 Å². The molecule has 3 fully saturated rings. The van der Waals surface area contributed by atoms with Crippen molar-refractivity contribution in [1.29, 1.82) is 0 Å². The summed E-state index contributed by atoms with van der Waals surface area (Å²) in [4.78, 5) is 11.4. The Balaban J connectivity index is 1.19. The summed E-state index contributed by atoms with van der Waals surface area (Å²) >= 11 is 0. The van der Waals surface area contributed by atoms with Gasteiger partial charge in [-0.3, -0.25) is 4.79 Å². The number of carbonyl (C=O) groups excluding carboxylic acids is 1. The lowest BCUT2D eigenvalue weighted by Crippen LogP contribution is -2.48. The van der Waals surface area contributed by atoms with Crippen LogP contribution in [0.15, 0.2) is 35.5 Å². The molecule has 0 aromatic heterocycles. The molecule has 0 aromatic carbocycles. The number of unbranched alkanes of at least 4 members (excludes halogenated alkanes) is 1. The van der Waals surface area contributed by atoms with E-state index in [0.717, 1.165) is 61.7 Å². The number of fused-ring (bicyclic) bond motifs is 5. The van der Waals surface area contributed by atoms with Crippen LogP contribution in [0.25, 0.3) is 0 Å². The third-order valence-corrected chi connectivity index (χ3v) is 11.4. The quantitative estimate of drug-likeness (QED) is 0.182. The van der Waals surface area contributed by atoms with E-state index in [1.165, 1.54) is 45.6 Å². The fourth-order valence-corrected chi connectivity index (χ4v) is 9.26. The first-order valence-electron chi connectivity index (χ1n) is 15.8. The van der Waals surface area contributed by atoms with Crippen LogP contribution in [-0.4, -0.2) is 31.6 Å². The van der Waals surface area contributed by atoms with Gasteiger partial charge < -0.3 is 14.2 Å². The molecule has 4 nitrogen and oxygen atoms in total. The van der Waals surface area contributed by atoms with Gasteiger partial charge in [0.15, 0.2) is 6.29 Å². The largest absolute Gasteiger partial charge is 0.469 e. The number of carbonyl (C=O) groups is 1. The van der Waals surface area contributed by atoms with E-state index in [1.807, 2.05) is 0 Å². The third kappa shape index (κ3) is 5.59. The number of hydrogen-bond donors (Lipinski definition) is 0. The topological polar surface area (TPSA) is 44.8 Å². The van der Waals surface area contributed by atoms with Gasteiger partial charge in [-0.25, -0.2) is 0 Å². The first kappa shape index (κ1) is 28.1. The first-order valence-corrected chi connectivity index (χ1v) is 15.8. The Morgan fingerprint density at radius 1 is 1.13 bits per heavy atom. The molecular weight excluding hydrogens is 472 g/mol. The fourth-order valence-electron chi connectivity index (χ4n) is 9.26. The normalized spacial score (nSPS) is 42.6. The van der Waals surface area contributed by atoms with Crippen LogP contribution in [0.5, 0.6) is 0 Å². The smallest absolute Gasteiger partial charge is 0.305 e. The molecule has 1 unspecified atom stereocenters. The minimum absolute atomic E-state index is 0.0898. The van der Waals surface area contributed by atoms with Gasteiger partial charge in [0.1, 0.15) is 0 Å².